The third-order valence-corrected chi connectivity index (χ3v) is 7.12. The summed E-state index contributed by atoms with van der Waals surface area (Å²) in [6.07, 6.45) is -1.88. The Labute approximate surface area is 183 Å². The fourth-order valence-corrected chi connectivity index (χ4v) is 5.14. The number of esters is 1. The van der Waals surface area contributed by atoms with Crippen molar-refractivity contribution in [2.45, 2.75) is 37.9 Å². The number of nitrogens with zero attached hydrogens (tertiary/aromatic N) is 5. The van der Waals surface area contributed by atoms with E-state index in [1.807, 2.05) is 0 Å². The number of hydrogen-bond acceptors (Lipinski definition) is 11. The Morgan fingerprint density at radius 2 is 2.12 bits per heavy atom. The second kappa shape index (κ2) is 8.84. The molecule has 0 radical (unpaired) electrons. The monoisotopic (exact) mass is 471 g/mol. The third-order valence-electron chi connectivity index (χ3n) is 5.58. The van der Waals surface area contributed by atoms with E-state index in [2.05, 4.69) is 19.7 Å². The minimum atomic E-state index is -3.93. The van der Waals surface area contributed by atoms with Crippen molar-refractivity contribution < 1.29 is 32.9 Å². The van der Waals surface area contributed by atoms with Gasteiger partial charge < -0.3 is 25.4 Å². The predicted molar refractivity (Wildman–Crippen MR) is 109 cm³/mol. The van der Waals surface area contributed by atoms with Crippen LogP contribution in [-0.4, -0.2) is 93.0 Å². The van der Waals surface area contributed by atoms with Gasteiger partial charge in [0.25, 0.3) is 10.2 Å². The normalized spacial score (nSPS) is 29.0. The Morgan fingerprint density at radius 3 is 2.88 bits per heavy atom. The predicted octanol–water partition coefficient (Wildman–Crippen LogP) is -2.25. The first-order chi connectivity index (χ1) is 15.2. The number of ether oxygens (including phenoxy) is 2. The summed E-state index contributed by atoms with van der Waals surface area (Å²) in [6, 6.07) is 0. The van der Waals surface area contributed by atoms with Gasteiger partial charge >= 0.3 is 5.97 Å². The Morgan fingerprint density at radius 1 is 1.34 bits per heavy atom. The molecule has 2 aromatic heterocycles. The molecule has 0 spiro atoms. The molecule has 4 heterocycles. The summed E-state index contributed by atoms with van der Waals surface area (Å²) in [7, 11) is -3.93. The van der Waals surface area contributed by atoms with E-state index in [4.69, 9.17) is 15.2 Å². The molecule has 2 aliphatic rings. The molecule has 32 heavy (non-hydrogen) atoms. The molecule has 0 amide bonds. The van der Waals surface area contributed by atoms with Crippen LogP contribution in [0.4, 0.5) is 5.82 Å². The average molecular weight is 471 g/mol. The van der Waals surface area contributed by atoms with Crippen LogP contribution < -0.4 is 10.5 Å². The topological polar surface area (TPSA) is 195 Å². The molecule has 1 unspecified atom stereocenters. The highest BCUT2D eigenvalue weighted by atomic mass is 32.2. The number of carbonyl (C=O) groups excluding carboxylic acids is 1. The molecule has 0 aromatic carbocycles. The van der Waals surface area contributed by atoms with E-state index in [1.165, 1.54) is 17.2 Å². The number of carbonyl (C=O) groups is 1. The summed E-state index contributed by atoms with van der Waals surface area (Å²) in [4.78, 5) is 23.9. The van der Waals surface area contributed by atoms with Crippen LogP contribution in [0.25, 0.3) is 11.2 Å². The van der Waals surface area contributed by atoms with E-state index < -0.39 is 46.6 Å². The first-order valence-electron chi connectivity index (χ1n) is 10.1. The van der Waals surface area contributed by atoms with Crippen LogP contribution in [0, 0.1) is 5.92 Å². The molecule has 0 saturated carbocycles. The van der Waals surface area contributed by atoms with Gasteiger partial charge in [0.1, 0.15) is 30.2 Å². The molecule has 0 aliphatic carbocycles. The van der Waals surface area contributed by atoms with Crippen molar-refractivity contribution in [2.75, 3.05) is 32.0 Å². The summed E-state index contributed by atoms with van der Waals surface area (Å²) in [5.41, 5.74) is 6.38. The third kappa shape index (κ3) is 4.14. The van der Waals surface area contributed by atoms with E-state index in [0.717, 1.165) is 4.31 Å². The highest BCUT2D eigenvalue weighted by Crippen LogP contribution is 2.32. The molecule has 5 N–H and O–H groups in total. The van der Waals surface area contributed by atoms with Crippen molar-refractivity contribution >= 4 is 33.2 Å². The van der Waals surface area contributed by atoms with Gasteiger partial charge in [-0.2, -0.15) is 17.4 Å². The number of imidazole rings is 1. The van der Waals surface area contributed by atoms with Gasteiger partial charge in [0.15, 0.2) is 17.7 Å². The van der Waals surface area contributed by atoms with Crippen LogP contribution in [0.1, 0.15) is 19.6 Å². The Bertz CT molecular complexity index is 1090. The van der Waals surface area contributed by atoms with Gasteiger partial charge in [-0.1, -0.05) is 0 Å². The maximum atomic E-state index is 12.6. The van der Waals surface area contributed by atoms with Gasteiger partial charge in [0.2, 0.25) is 0 Å². The molecule has 2 aromatic rings. The minimum Gasteiger partial charge on any atom is -0.466 e. The molecular formula is C17H25N7O7S. The zero-order valence-corrected chi connectivity index (χ0v) is 18.1. The van der Waals surface area contributed by atoms with Crippen LogP contribution >= 0.6 is 0 Å². The number of fused-ring (bicyclic) bond motifs is 1. The first-order valence-corrected chi connectivity index (χ1v) is 11.5. The summed E-state index contributed by atoms with van der Waals surface area (Å²) in [5, 5.41) is 20.9. The molecule has 2 fully saturated rings. The van der Waals surface area contributed by atoms with Gasteiger partial charge in [0, 0.05) is 19.6 Å². The minimum absolute atomic E-state index is 0.00957. The van der Waals surface area contributed by atoms with Crippen molar-refractivity contribution in [3.8, 4) is 0 Å². The standard InChI is InChI=1S/C17H25N7O7S/c1-2-30-17(27)9-3-4-23(6-9)32(28,29)22-5-10-12(25)13(26)16(31-10)24-8-21-11-14(18)19-7-20-15(11)24/h7-10,12-13,16,22,25-26H,2-6H2,1H3,(H2,18,19,20)/t9?,10-,12-,13-,16-/m1/s1. The SMILES string of the molecule is CCOC(=O)C1CCN(S(=O)(=O)NC[C@H]2O[C@@H](n3cnc4c(N)ncnc43)[C@H](O)[C@@H]2O)C1. The summed E-state index contributed by atoms with van der Waals surface area (Å²) in [6.45, 7) is 1.80. The number of nitrogens with two attached hydrogens (primary N) is 1. The number of aliphatic hydroxyl groups excluding tert-OH is 2. The van der Waals surface area contributed by atoms with Crippen LogP contribution in [0.2, 0.25) is 0 Å². The van der Waals surface area contributed by atoms with E-state index in [1.54, 1.807) is 6.92 Å². The number of aliphatic hydroxyl groups is 2. The molecule has 0 bridgehead atoms. The van der Waals surface area contributed by atoms with Crippen molar-refractivity contribution in [2.24, 2.45) is 5.92 Å². The van der Waals surface area contributed by atoms with E-state index in [0.29, 0.717) is 17.6 Å². The van der Waals surface area contributed by atoms with Crippen molar-refractivity contribution in [3.05, 3.63) is 12.7 Å². The quantitative estimate of drug-likeness (QED) is 0.318. The maximum absolute atomic E-state index is 12.6. The van der Waals surface area contributed by atoms with Gasteiger partial charge in [-0.05, 0) is 13.3 Å². The highest BCUT2D eigenvalue weighted by molar-refractivity contribution is 7.87. The Hall–Kier alpha value is -2.43. The molecule has 15 heteroatoms. The summed E-state index contributed by atoms with van der Waals surface area (Å²) < 4.78 is 40.9. The van der Waals surface area contributed by atoms with E-state index in [-0.39, 0.29) is 32.1 Å². The summed E-state index contributed by atoms with van der Waals surface area (Å²) in [5.74, 6) is -0.796. The lowest BCUT2D eigenvalue weighted by molar-refractivity contribution is -0.147. The zero-order chi connectivity index (χ0) is 23.0. The molecule has 176 valence electrons. The Kier molecular flexibility index (Phi) is 6.28. The summed E-state index contributed by atoms with van der Waals surface area (Å²) >= 11 is 0. The number of nitrogens with one attached hydrogen (secondary N) is 1. The first kappa shape index (κ1) is 22.8. The lowest BCUT2D eigenvalue weighted by Gasteiger charge is -2.20. The van der Waals surface area contributed by atoms with Crippen LogP contribution in [0.3, 0.4) is 0 Å². The van der Waals surface area contributed by atoms with Crippen molar-refractivity contribution in [1.29, 1.82) is 0 Å². The van der Waals surface area contributed by atoms with Gasteiger partial charge in [-0.25, -0.2) is 15.0 Å². The van der Waals surface area contributed by atoms with Crippen LogP contribution in [-0.2, 0) is 24.5 Å². The Balaban J connectivity index is 1.41. The number of nitrogen functional groups attached to an aromatic ring is 1. The zero-order valence-electron chi connectivity index (χ0n) is 17.2. The lowest BCUT2D eigenvalue weighted by atomic mass is 10.1. The second-order valence-corrected chi connectivity index (χ2v) is 9.33. The number of aromatic nitrogens is 4. The van der Waals surface area contributed by atoms with Crippen LogP contribution in [0.5, 0.6) is 0 Å². The number of hydrogen-bond donors (Lipinski definition) is 4. The van der Waals surface area contributed by atoms with E-state index >= 15 is 0 Å². The largest absolute Gasteiger partial charge is 0.466 e. The van der Waals surface area contributed by atoms with Crippen LogP contribution in [0.15, 0.2) is 12.7 Å². The fourth-order valence-electron chi connectivity index (χ4n) is 3.86. The molecule has 4 rings (SSSR count). The molecule has 14 nitrogen and oxygen atoms in total. The smallest absolute Gasteiger partial charge is 0.310 e. The molecule has 2 saturated heterocycles. The molecular weight excluding hydrogens is 446 g/mol. The molecule has 5 atom stereocenters. The van der Waals surface area contributed by atoms with Gasteiger partial charge in [-0.3, -0.25) is 9.36 Å². The maximum Gasteiger partial charge on any atom is 0.310 e. The lowest BCUT2D eigenvalue weighted by Crippen LogP contribution is -2.45. The second-order valence-electron chi connectivity index (χ2n) is 7.58. The van der Waals surface area contributed by atoms with Crippen molar-refractivity contribution in [1.82, 2.24) is 28.5 Å². The van der Waals surface area contributed by atoms with Gasteiger partial charge in [0.05, 0.1) is 18.9 Å². The fraction of sp³-hybridized carbons (Fsp3) is 0.647. The molecule has 2 aliphatic heterocycles. The van der Waals surface area contributed by atoms with E-state index in [9.17, 15) is 23.4 Å². The number of rotatable bonds is 7. The van der Waals surface area contributed by atoms with Crippen molar-refractivity contribution in [3.63, 3.8) is 0 Å². The number of anilines is 1. The highest BCUT2D eigenvalue weighted by Gasteiger charge is 2.45. The van der Waals surface area contributed by atoms with Gasteiger partial charge in [-0.15, -0.1) is 0 Å². The average Bonchev–Trinajstić information content (AvgIpc) is 3.47.